The second-order valence-electron chi connectivity index (χ2n) is 13.0. The van der Waals surface area contributed by atoms with Gasteiger partial charge in [-0.2, -0.15) is 0 Å². The highest BCUT2D eigenvalue weighted by molar-refractivity contribution is 5.70. The van der Waals surface area contributed by atoms with Crippen molar-refractivity contribution in [1.82, 2.24) is 0 Å². The number of hydrogen-bond acceptors (Lipinski definition) is 19. The smallest absolute Gasteiger partial charge is 0.229 e. The highest BCUT2D eigenvalue weighted by atomic mass is 16.7. The number of rotatable bonds is 9. The Kier molecular flexibility index (Phi) is 11.5. The lowest BCUT2D eigenvalue weighted by molar-refractivity contribution is -0.324. The van der Waals surface area contributed by atoms with E-state index in [1.54, 1.807) is 0 Å². The minimum Gasteiger partial charge on any atom is -0.508 e. The van der Waals surface area contributed by atoms with Crippen LogP contribution in [0.2, 0.25) is 0 Å². The number of fused-ring (bicyclic) bond motifs is 1. The number of ether oxygens (including phenoxy) is 7. The number of aromatic hydroxyl groups is 2. The van der Waals surface area contributed by atoms with E-state index in [2.05, 4.69) is 0 Å². The van der Waals surface area contributed by atoms with Crippen LogP contribution in [0.25, 0.3) is 6.08 Å². The highest BCUT2D eigenvalue weighted by Crippen LogP contribution is 2.46. The van der Waals surface area contributed by atoms with Crippen molar-refractivity contribution in [1.29, 1.82) is 0 Å². The number of phenols is 2. The fraction of sp³-hybridized carbons (Fsp3) is 0.576. The lowest BCUT2D eigenvalue weighted by Crippen LogP contribution is -2.61. The van der Waals surface area contributed by atoms with E-state index in [4.69, 9.17) is 33.2 Å². The quantitative estimate of drug-likeness (QED) is 0.118. The molecule has 12 N–H and O–H groups in total. The maximum atomic E-state index is 10.9. The molecule has 0 aromatic heterocycles. The Morgan fingerprint density at radius 2 is 1.19 bits per heavy atom. The standard InChI is InChI=1S/C33H42O19/c1-11-21(37)24(40)27(43)31(47-11)46-10-20-23(39)26(42)29(45)33(52-20)50-18-8-15-16(48-30(18)12-2-4-13(35)5-3-12)6-14(36)7-17(15)49-32-28(44)25(41)22(38)19(9-34)51-32/h2-8,11,19-45H,9-10H2,1H3/t11-,19-,20+,21-,22+,23+,24-,25-,26-,27-,28-,29+,30?,31+,32+,33+/m0/s1. The molecule has 52 heavy (non-hydrogen) atoms. The maximum absolute atomic E-state index is 10.9. The molecule has 6 rings (SSSR count). The van der Waals surface area contributed by atoms with Crippen LogP contribution >= 0.6 is 0 Å². The van der Waals surface area contributed by atoms with Crippen LogP contribution in [0.4, 0.5) is 0 Å². The molecule has 2 aromatic carbocycles. The molecule has 288 valence electrons. The summed E-state index contributed by atoms with van der Waals surface area (Å²) in [6.45, 7) is 0.154. The zero-order chi connectivity index (χ0) is 37.6. The predicted molar refractivity (Wildman–Crippen MR) is 168 cm³/mol. The molecule has 16 atom stereocenters. The van der Waals surface area contributed by atoms with Gasteiger partial charge in [-0.1, -0.05) is 12.1 Å². The summed E-state index contributed by atoms with van der Waals surface area (Å²) >= 11 is 0. The number of aliphatic hydroxyl groups is 10. The van der Waals surface area contributed by atoms with E-state index >= 15 is 0 Å². The predicted octanol–water partition coefficient (Wildman–Crippen LogP) is -3.58. The van der Waals surface area contributed by atoms with Crippen molar-refractivity contribution in [2.75, 3.05) is 13.2 Å². The van der Waals surface area contributed by atoms with Gasteiger partial charge in [-0.15, -0.1) is 0 Å². The topological polar surface area (TPSA) is 307 Å². The molecule has 4 aliphatic rings. The molecule has 0 spiro atoms. The first kappa shape index (κ1) is 38.3. The number of benzene rings is 2. The van der Waals surface area contributed by atoms with Gasteiger partial charge in [-0.25, -0.2) is 0 Å². The van der Waals surface area contributed by atoms with E-state index < -0.39 is 111 Å². The normalized spacial score (nSPS) is 40.6. The first-order valence-corrected chi connectivity index (χ1v) is 16.4. The van der Waals surface area contributed by atoms with Gasteiger partial charge in [-0.3, -0.25) is 0 Å². The summed E-state index contributed by atoms with van der Waals surface area (Å²) in [5.41, 5.74) is 0.461. The Hall–Kier alpha value is -3.38. The lowest BCUT2D eigenvalue weighted by Gasteiger charge is -2.43. The molecule has 2 aromatic rings. The first-order valence-electron chi connectivity index (χ1n) is 16.4. The van der Waals surface area contributed by atoms with E-state index in [1.165, 1.54) is 43.3 Å². The molecule has 3 saturated heterocycles. The summed E-state index contributed by atoms with van der Waals surface area (Å²) in [4.78, 5) is 0. The molecular weight excluding hydrogens is 700 g/mol. The van der Waals surface area contributed by atoms with Crippen molar-refractivity contribution >= 4 is 6.08 Å². The Balaban J connectivity index is 1.29. The van der Waals surface area contributed by atoms with Gasteiger partial charge < -0.3 is 94.4 Å². The van der Waals surface area contributed by atoms with Crippen LogP contribution < -0.4 is 9.47 Å². The van der Waals surface area contributed by atoms with Gasteiger partial charge in [0.2, 0.25) is 12.6 Å². The van der Waals surface area contributed by atoms with Crippen LogP contribution in [0.5, 0.6) is 23.0 Å². The van der Waals surface area contributed by atoms with Crippen LogP contribution in [0.1, 0.15) is 24.2 Å². The number of hydrogen-bond donors (Lipinski definition) is 12. The van der Waals surface area contributed by atoms with Gasteiger partial charge in [-0.05, 0) is 25.1 Å². The largest absolute Gasteiger partial charge is 0.508 e. The summed E-state index contributed by atoms with van der Waals surface area (Å²) in [6, 6.07) is 8.06. The van der Waals surface area contributed by atoms with Gasteiger partial charge in [0, 0.05) is 17.7 Å². The molecule has 0 aliphatic carbocycles. The number of phenolic OH excluding ortho intramolecular Hbond substituents is 2. The molecule has 0 radical (unpaired) electrons. The lowest BCUT2D eigenvalue weighted by atomic mass is 9.98. The molecular formula is C33H42O19. The maximum Gasteiger partial charge on any atom is 0.229 e. The average molecular weight is 743 g/mol. The van der Waals surface area contributed by atoms with Crippen LogP contribution in [-0.2, 0) is 23.7 Å². The SMILES string of the molecule is C[C@@H]1O[C@@H](OC[C@H]2O[C@@H](OC3=Cc4c(cc(O)cc4O[C@@H]4O[C@@H](CO)[C@@H](O)[C@H](O)[C@@H]4O)OC3c3ccc(O)cc3)[C@H](O)[C@@H](O)[C@@H]2O)[C@@H](O)[C@@H](O)[C@H]1O. The minimum atomic E-state index is -1.87. The van der Waals surface area contributed by atoms with Crippen LogP contribution in [0, 0.1) is 0 Å². The Labute approximate surface area is 295 Å². The van der Waals surface area contributed by atoms with Crippen molar-refractivity contribution in [3.8, 4) is 23.0 Å². The molecule has 0 saturated carbocycles. The summed E-state index contributed by atoms with van der Waals surface area (Å²) in [5.74, 6) is -0.732. The third-order valence-electron chi connectivity index (χ3n) is 9.32. The van der Waals surface area contributed by atoms with Crippen LogP contribution in [-0.4, -0.2) is 167 Å². The second kappa shape index (κ2) is 15.5. The van der Waals surface area contributed by atoms with E-state index in [1.807, 2.05) is 0 Å². The molecule has 4 heterocycles. The van der Waals surface area contributed by atoms with E-state index in [0.29, 0.717) is 5.56 Å². The summed E-state index contributed by atoms with van der Waals surface area (Å²) in [6.07, 6.45) is -23.7. The molecule has 4 aliphatic heterocycles. The van der Waals surface area contributed by atoms with Crippen molar-refractivity contribution in [2.24, 2.45) is 0 Å². The van der Waals surface area contributed by atoms with Crippen LogP contribution in [0.3, 0.4) is 0 Å². The summed E-state index contributed by atoms with van der Waals surface area (Å²) in [7, 11) is 0. The first-order chi connectivity index (χ1) is 24.7. The molecule has 19 nitrogen and oxygen atoms in total. The Bertz CT molecular complexity index is 1550. The zero-order valence-corrected chi connectivity index (χ0v) is 27.4. The fourth-order valence-corrected chi connectivity index (χ4v) is 6.22. The van der Waals surface area contributed by atoms with Crippen LogP contribution in [0.15, 0.2) is 42.2 Å². The van der Waals surface area contributed by atoms with Gasteiger partial charge in [0.1, 0.15) is 95.9 Å². The zero-order valence-electron chi connectivity index (χ0n) is 27.4. The summed E-state index contributed by atoms with van der Waals surface area (Å²) in [5, 5.41) is 124. The van der Waals surface area contributed by atoms with Gasteiger partial charge in [0.05, 0.1) is 24.9 Å². The van der Waals surface area contributed by atoms with Gasteiger partial charge >= 0.3 is 0 Å². The Morgan fingerprint density at radius 3 is 1.85 bits per heavy atom. The molecule has 0 bridgehead atoms. The highest BCUT2D eigenvalue weighted by Gasteiger charge is 2.49. The van der Waals surface area contributed by atoms with Crippen molar-refractivity contribution in [2.45, 2.75) is 105 Å². The van der Waals surface area contributed by atoms with E-state index in [9.17, 15) is 61.3 Å². The van der Waals surface area contributed by atoms with Gasteiger partial charge in [0.25, 0.3) is 0 Å². The number of aliphatic hydroxyl groups excluding tert-OH is 10. The molecule has 0 amide bonds. The second-order valence-corrected chi connectivity index (χ2v) is 13.0. The van der Waals surface area contributed by atoms with Crippen molar-refractivity contribution < 1.29 is 94.4 Å². The summed E-state index contributed by atoms with van der Waals surface area (Å²) < 4.78 is 40.3. The molecule has 19 heteroatoms. The van der Waals surface area contributed by atoms with Crippen molar-refractivity contribution in [3.63, 3.8) is 0 Å². The fourth-order valence-electron chi connectivity index (χ4n) is 6.22. The average Bonchev–Trinajstić information content (AvgIpc) is 3.12. The minimum absolute atomic E-state index is 0.00411. The monoisotopic (exact) mass is 742 g/mol. The van der Waals surface area contributed by atoms with E-state index in [0.717, 1.165) is 6.07 Å². The van der Waals surface area contributed by atoms with Crippen molar-refractivity contribution in [3.05, 3.63) is 53.3 Å². The van der Waals surface area contributed by atoms with E-state index in [-0.39, 0.29) is 34.3 Å². The van der Waals surface area contributed by atoms with Gasteiger partial charge in [0.15, 0.2) is 12.4 Å². The third kappa shape index (κ3) is 7.52. The molecule has 1 unspecified atom stereocenters. The third-order valence-corrected chi connectivity index (χ3v) is 9.32. The Morgan fingerprint density at radius 1 is 0.615 bits per heavy atom. The molecule has 3 fully saturated rings.